The molecule has 3 aliphatic heterocycles. The van der Waals surface area contributed by atoms with E-state index in [0.717, 1.165) is 74.7 Å². The van der Waals surface area contributed by atoms with Crippen molar-refractivity contribution in [3.05, 3.63) is 171 Å². The number of aromatic nitrogens is 4. The van der Waals surface area contributed by atoms with Crippen LogP contribution in [0.5, 0.6) is 11.5 Å². The number of rotatable bonds is 14. The van der Waals surface area contributed by atoms with Crippen molar-refractivity contribution in [3.63, 3.8) is 0 Å². The summed E-state index contributed by atoms with van der Waals surface area (Å²) in [4.78, 5) is 74.5. The summed E-state index contributed by atoms with van der Waals surface area (Å²) in [7, 11) is 7.39. The number of carbonyl (C=O) groups excluding carboxylic acids is 4. The fraction of sp³-hybridized carbons (Fsp3) is 0.290. The second-order valence-electron chi connectivity index (χ2n) is 21.8. The molecule has 0 aliphatic carbocycles. The van der Waals surface area contributed by atoms with Crippen LogP contribution in [-0.2, 0) is 35.5 Å². The van der Waals surface area contributed by atoms with Gasteiger partial charge in [0.2, 0.25) is 11.9 Å². The Labute approximate surface area is 486 Å². The molecule has 3 aliphatic rings. The van der Waals surface area contributed by atoms with E-state index in [-0.39, 0.29) is 29.4 Å². The van der Waals surface area contributed by atoms with Gasteiger partial charge in [0, 0.05) is 65.6 Å². The molecule has 0 spiro atoms. The molecule has 4 N–H and O–H groups in total. The van der Waals surface area contributed by atoms with E-state index in [1.165, 1.54) is 0 Å². The molecule has 11 rings (SSSR count). The van der Waals surface area contributed by atoms with Gasteiger partial charge in [0.1, 0.15) is 36.1 Å². The number of amides is 2. The fourth-order valence-electron chi connectivity index (χ4n) is 9.57. The van der Waals surface area contributed by atoms with Gasteiger partial charge in [-0.25, -0.2) is 19.9 Å². The van der Waals surface area contributed by atoms with Gasteiger partial charge in [-0.2, -0.15) is 0 Å². The number of nitrogens with two attached hydrogens (primary N) is 2. The van der Waals surface area contributed by atoms with Gasteiger partial charge in [-0.1, -0.05) is 82.7 Å². The first-order chi connectivity index (χ1) is 39.2. The number of aldehydes is 2. The number of hydrogen-bond donors (Lipinski definition) is 2. The molecule has 0 atom stereocenters. The summed E-state index contributed by atoms with van der Waals surface area (Å²) in [6.45, 7) is 12.9. The van der Waals surface area contributed by atoms with Crippen LogP contribution in [0.3, 0.4) is 0 Å². The van der Waals surface area contributed by atoms with Crippen LogP contribution in [-0.4, -0.2) is 137 Å². The zero-order valence-electron chi connectivity index (χ0n) is 47.3. The third kappa shape index (κ3) is 13.3. The summed E-state index contributed by atoms with van der Waals surface area (Å²) in [5.41, 5.74) is 20.7. The maximum Gasteiger partial charge on any atom is 0.494 e. The van der Waals surface area contributed by atoms with Gasteiger partial charge in [0.25, 0.3) is 11.8 Å². The number of benzene rings is 6. The Hall–Kier alpha value is -8.14. The quantitative estimate of drug-likeness (QED) is 0.0768. The molecular weight excluding hydrogens is 1100 g/mol. The second-order valence-corrected chi connectivity index (χ2v) is 22.6. The molecule has 2 aromatic heterocycles. The molecule has 82 heavy (non-hydrogen) atoms. The lowest BCUT2D eigenvalue weighted by molar-refractivity contribution is 0.00578. The Morgan fingerprint density at radius 2 is 1.04 bits per heavy atom. The Kier molecular flexibility index (Phi) is 17.8. The zero-order valence-corrected chi connectivity index (χ0v) is 48.9. The fourth-order valence-corrected chi connectivity index (χ4v) is 9.91. The minimum atomic E-state index is -0.536. The van der Waals surface area contributed by atoms with Gasteiger partial charge in [-0.3, -0.25) is 19.2 Å². The van der Waals surface area contributed by atoms with Gasteiger partial charge >= 0.3 is 7.12 Å². The van der Waals surface area contributed by atoms with Crippen LogP contribution >= 0.6 is 15.9 Å². The number of hydrogen-bond acceptors (Lipinski definition) is 16. The minimum absolute atomic E-state index is 0.0446. The van der Waals surface area contributed by atoms with Crippen LogP contribution in [0.25, 0.3) is 32.9 Å². The first-order valence-electron chi connectivity index (χ1n) is 26.8. The highest BCUT2D eigenvalue weighted by molar-refractivity contribution is 9.10. The maximum atomic E-state index is 13.5. The van der Waals surface area contributed by atoms with Crippen LogP contribution in [0.15, 0.2) is 126 Å². The molecule has 422 valence electrons. The van der Waals surface area contributed by atoms with Crippen molar-refractivity contribution in [2.75, 3.05) is 66.0 Å². The van der Waals surface area contributed by atoms with E-state index in [2.05, 4.69) is 35.9 Å². The van der Waals surface area contributed by atoms with E-state index in [9.17, 15) is 19.2 Å². The molecular formula is C62H66BBrN10O8. The monoisotopic (exact) mass is 1170 g/mol. The summed E-state index contributed by atoms with van der Waals surface area (Å²) >= 11 is 3.29. The largest absolute Gasteiger partial charge is 0.494 e. The molecule has 18 nitrogen and oxygen atoms in total. The first-order valence-corrected chi connectivity index (χ1v) is 27.6. The highest BCUT2D eigenvalue weighted by Gasteiger charge is 2.52. The molecule has 1 saturated heterocycles. The number of likely N-dealkylation sites (N-methyl/N-ethyl adjacent to an activating group) is 2. The van der Waals surface area contributed by atoms with Crippen LogP contribution in [0.1, 0.15) is 91.6 Å². The SMILES string of the molecule is CC1(C)OB(c2ccc3nc(N)nc(C(=O)N4Cc5ccccc5C4)c3c2)OC1(C)C.CN(C)CCOc1ccc(-c2ccc3nc(N)nc(C(=O)N4Cc5ccccc5C4)c3c2)c(C=O)c1.CN(C)CCOc1ccc(Br)c(C=O)c1. The maximum absolute atomic E-state index is 13.5. The average Bonchev–Trinajstić information content (AvgIpc) is 4.34. The van der Waals surface area contributed by atoms with Gasteiger partial charge in [0.15, 0.2) is 12.6 Å². The summed E-state index contributed by atoms with van der Waals surface area (Å²) in [5.74, 6) is 1.11. The molecule has 1 fully saturated rings. The van der Waals surface area contributed by atoms with E-state index < -0.39 is 18.3 Å². The number of halogens is 1. The molecule has 0 saturated carbocycles. The molecule has 5 heterocycles. The third-order valence-corrected chi connectivity index (χ3v) is 15.5. The first kappa shape index (κ1) is 58.5. The highest BCUT2D eigenvalue weighted by Crippen LogP contribution is 2.37. The predicted molar refractivity (Wildman–Crippen MR) is 322 cm³/mol. The van der Waals surface area contributed by atoms with Crippen molar-refractivity contribution in [1.82, 2.24) is 39.5 Å². The van der Waals surface area contributed by atoms with Crippen LogP contribution in [0.4, 0.5) is 11.9 Å². The Morgan fingerprint density at radius 3 is 1.50 bits per heavy atom. The van der Waals surface area contributed by atoms with Crippen molar-refractivity contribution in [2.24, 2.45) is 0 Å². The van der Waals surface area contributed by atoms with E-state index in [0.29, 0.717) is 83.8 Å². The van der Waals surface area contributed by atoms with Crippen molar-refractivity contribution >= 4 is 86.6 Å². The minimum Gasteiger partial charge on any atom is -0.492 e. The van der Waals surface area contributed by atoms with Crippen LogP contribution in [0, 0.1) is 0 Å². The van der Waals surface area contributed by atoms with Crippen molar-refractivity contribution in [3.8, 4) is 22.6 Å². The van der Waals surface area contributed by atoms with E-state index in [4.69, 9.17) is 30.2 Å². The number of nitrogen functional groups attached to an aromatic ring is 2. The molecule has 6 aromatic carbocycles. The summed E-state index contributed by atoms with van der Waals surface area (Å²) < 4.78 is 24.4. The topological polar surface area (TPSA) is 222 Å². The summed E-state index contributed by atoms with van der Waals surface area (Å²) in [5, 5.41) is 1.23. The molecule has 20 heteroatoms. The Morgan fingerprint density at radius 1 is 0.598 bits per heavy atom. The predicted octanol–water partition coefficient (Wildman–Crippen LogP) is 8.66. The van der Waals surface area contributed by atoms with Gasteiger partial charge in [-0.15, -0.1) is 0 Å². The molecule has 0 radical (unpaired) electrons. The number of nitrogens with zero attached hydrogens (tertiary/aromatic N) is 8. The van der Waals surface area contributed by atoms with Gasteiger partial charge in [-0.05, 0) is 149 Å². The third-order valence-electron chi connectivity index (χ3n) is 14.8. The van der Waals surface area contributed by atoms with E-state index in [1.807, 2.05) is 169 Å². The van der Waals surface area contributed by atoms with Crippen molar-refractivity contribution < 1.29 is 38.0 Å². The van der Waals surface area contributed by atoms with Crippen molar-refractivity contribution in [2.45, 2.75) is 65.1 Å². The van der Waals surface area contributed by atoms with Crippen molar-refractivity contribution in [1.29, 1.82) is 0 Å². The number of anilines is 2. The summed E-state index contributed by atoms with van der Waals surface area (Å²) in [6, 6.07) is 38.0. The van der Waals surface area contributed by atoms with Gasteiger partial charge in [0.05, 0.1) is 22.2 Å². The normalized spacial score (nSPS) is 14.7. The van der Waals surface area contributed by atoms with Crippen LogP contribution in [0.2, 0.25) is 0 Å². The summed E-state index contributed by atoms with van der Waals surface area (Å²) in [6.07, 6.45) is 1.62. The van der Waals surface area contributed by atoms with Gasteiger partial charge < -0.3 is 49.8 Å². The molecule has 0 bridgehead atoms. The number of fused-ring (bicyclic) bond motifs is 4. The molecule has 2 amide bonds. The van der Waals surface area contributed by atoms with E-state index >= 15 is 0 Å². The van der Waals surface area contributed by atoms with Crippen LogP contribution < -0.4 is 26.4 Å². The smallest absolute Gasteiger partial charge is 0.492 e. The lowest BCUT2D eigenvalue weighted by Crippen LogP contribution is -2.41. The number of ether oxygens (including phenoxy) is 2. The standard InChI is InChI=1S/C28H27N5O3.C23H25BN4O3.C11H14BrNO2/c1-32(2)11-12-36-22-8-9-23(21(13-22)17-34)18-7-10-25-24(14-18)26(31-28(29)30-25)27(35)33-15-19-5-3-4-6-20(19)16-33;1-22(2)23(3,4)31-24(30-22)16-9-10-18-17(11-16)19(27-21(25)26-18)20(29)28-12-14-7-5-6-8-15(14)13-28;1-13(2)5-6-15-10-3-4-11(12)9(7-10)8-14/h3-10,13-14,17H,11-12,15-16H2,1-2H3,(H2,29,30,31);5-11H,12-13H2,1-4H3,(H2,25,26,27);3-4,7-8H,5-6H2,1-2H3. The lowest BCUT2D eigenvalue weighted by atomic mass is 9.78. The highest BCUT2D eigenvalue weighted by atomic mass is 79.9. The second kappa shape index (κ2) is 24.9. The Bertz CT molecular complexity index is 3650. The lowest BCUT2D eigenvalue weighted by Gasteiger charge is -2.32. The zero-order chi connectivity index (χ0) is 58.5. The molecule has 0 unspecified atom stereocenters. The molecule has 8 aromatic rings. The number of carbonyl (C=O) groups is 4. The average molecular weight is 1170 g/mol. The Balaban J connectivity index is 0.000000160. The van der Waals surface area contributed by atoms with E-state index in [1.54, 1.807) is 28.0 Å².